The second kappa shape index (κ2) is 4.38. The van der Waals surface area contributed by atoms with Crippen molar-refractivity contribution < 1.29 is 34.6 Å². The predicted molar refractivity (Wildman–Crippen MR) is 15.1 cm³/mol. The first-order valence-electron chi connectivity index (χ1n) is 1.10. The fraction of sp³-hybridized carbons (Fsp3) is 0. The van der Waals surface area contributed by atoms with Gasteiger partial charge in [0.15, 0.2) is 0 Å². The van der Waals surface area contributed by atoms with Crippen molar-refractivity contribution in [3.05, 3.63) is 20.2 Å². The number of hydrogen-bond acceptors (Lipinski definition) is 5. The molecule has 0 amide bonds. The van der Waals surface area contributed by atoms with Gasteiger partial charge in [-0.05, 0) is 0 Å². The Balaban J connectivity index is 0. The SMILES string of the molecule is O=[N+]([O-])O[N+](=O)[O-].[Zn]. The number of hydrogen-bond donors (Lipinski definition) is 0. The van der Waals surface area contributed by atoms with Crippen LogP contribution in [0, 0.1) is 20.2 Å². The molecule has 0 aromatic heterocycles. The Hall–Kier alpha value is -0.777. The smallest absolute Gasteiger partial charge is 0.105 e. The van der Waals surface area contributed by atoms with Gasteiger partial charge in [-0.25, -0.2) is 0 Å². The van der Waals surface area contributed by atoms with E-state index in [9.17, 15) is 0 Å². The van der Waals surface area contributed by atoms with E-state index in [1.54, 1.807) is 0 Å². The van der Waals surface area contributed by atoms with E-state index in [0.29, 0.717) is 0 Å². The Morgan fingerprint density at radius 1 is 1.12 bits per heavy atom. The quantitative estimate of drug-likeness (QED) is 0.315. The van der Waals surface area contributed by atoms with Crippen LogP contribution in [0.3, 0.4) is 0 Å². The summed E-state index contributed by atoms with van der Waals surface area (Å²) >= 11 is 0. The maximum absolute atomic E-state index is 8.95. The van der Waals surface area contributed by atoms with Crippen molar-refractivity contribution in [2.24, 2.45) is 0 Å². The van der Waals surface area contributed by atoms with E-state index < -0.39 is 10.2 Å². The van der Waals surface area contributed by atoms with Crippen LogP contribution in [0.5, 0.6) is 0 Å². The van der Waals surface area contributed by atoms with Crippen molar-refractivity contribution in [2.45, 2.75) is 0 Å². The van der Waals surface area contributed by atoms with Crippen molar-refractivity contribution in [2.75, 3.05) is 0 Å². The molecule has 42 valence electrons. The molecule has 8 heavy (non-hydrogen) atoms. The largest absolute Gasteiger partial charge is 0.356 e. The fourth-order valence-corrected chi connectivity index (χ4v) is 0.0544. The van der Waals surface area contributed by atoms with E-state index in [4.69, 9.17) is 20.2 Å². The second-order valence-electron chi connectivity index (χ2n) is 0.529. The molecule has 0 N–H and O–H groups in total. The fourth-order valence-electron chi connectivity index (χ4n) is 0.0544. The van der Waals surface area contributed by atoms with Gasteiger partial charge in [-0.2, -0.15) is 0 Å². The average Bonchev–Trinajstić information content (AvgIpc) is 1.27. The van der Waals surface area contributed by atoms with Crippen LogP contribution >= 0.6 is 0 Å². The Labute approximate surface area is 55.6 Å². The van der Waals surface area contributed by atoms with Crippen molar-refractivity contribution in [1.82, 2.24) is 0 Å². The van der Waals surface area contributed by atoms with Crippen LogP contribution in [0.4, 0.5) is 0 Å². The normalized spacial score (nSPS) is 6.50. The van der Waals surface area contributed by atoms with Crippen molar-refractivity contribution in [3.63, 3.8) is 0 Å². The molecule has 0 saturated carbocycles. The molecule has 0 spiro atoms. The molecule has 0 aliphatic carbocycles. The first-order chi connectivity index (χ1) is 3.13. The van der Waals surface area contributed by atoms with Gasteiger partial charge in [0.2, 0.25) is 0 Å². The van der Waals surface area contributed by atoms with Crippen LogP contribution in [-0.2, 0) is 24.4 Å². The molecule has 0 aromatic rings. The van der Waals surface area contributed by atoms with Gasteiger partial charge in [0.05, 0.1) is 0 Å². The molecule has 0 heterocycles. The molecule has 0 saturated heterocycles. The first kappa shape index (κ1) is 10.3. The number of nitrogens with zero attached hydrogens (tertiary/aromatic N) is 2. The third-order valence-corrected chi connectivity index (χ3v) is 0.133. The first-order valence-corrected chi connectivity index (χ1v) is 1.10. The standard InChI is InChI=1S/N2O5.Zn/c3-1(4)7-2(5)6;. The van der Waals surface area contributed by atoms with Crippen LogP contribution < -0.4 is 0 Å². The summed E-state index contributed by atoms with van der Waals surface area (Å²) in [6.45, 7) is 0. The van der Waals surface area contributed by atoms with Crippen LogP contribution in [0.2, 0.25) is 0 Å². The Bertz CT molecular complexity index is 86.6. The van der Waals surface area contributed by atoms with Gasteiger partial charge in [0, 0.05) is 24.4 Å². The summed E-state index contributed by atoms with van der Waals surface area (Å²) in [5.41, 5.74) is 0. The van der Waals surface area contributed by atoms with Gasteiger partial charge in [0.1, 0.15) is 0 Å². The summed E-state index contributed by atoms with van der Waals surface area (Å²) in [6, 6.07) is 0. The average molecular weight is 173 g/mol. The predicted octanol–water partition coefficient (Wildman–Crippen LogP) is -0.616. The van der Waals surface area contributed by atoms with E-state index in [1.807, 2.05) is 0 Å². The molecule has 0 aromatic carbocycles. The van der Waals surface area contributed by atoms with E-state index >= 15 is 0 Å². The Morgan fingerprint density at radius 2 is 1.38 bits per heavy atom. The third kappa shape index (κ3) is 8.97. The number of rotatable bonds is 2. The van der Waals surface area contributed by atoms with E-state index in [-0.39, 0.29) is 19.5 Å². The van der Waals surface area contributed by atoms with Crippen molar-refractivity contribution >= 4 is 0 Å². The molecule has 0 bridgehead atoms. The van der Waals surface area contributed by atoms with Crippen molar-refractivity contribution in [1.29, 1.82) is 0 Å². The van der Waals surface area contributed by atoms with Crippen molar-refractivity contribution in [3.8, 4) is 0 Å². The minimum atomic E-state index is -1.50. The van der Waals surface area contributed by atoms with Crippen LogP contribution in [0.1, 0.15) is 0 Å². The molecule has 0 aliphatic rings. The summed E-state index contributed by atoms with van der Waals surface area (Å²) in [6.07, 6.45) is 0. The Morgan fingerprint density at radius 3 is 1.38 bits per heavy atom. The summed E-state index contributed by atoms with van der Waals surface area (Å²) in [4.78, 5) is 20.6. The molecule has 8 heteroatoms. The summed E-state index contributed by atoms with van der Waals surface area (Å²) < 4.78 is 0. The Kier molecular flexibility index (Phi) is 5.62. The topological polar surface area (TPSA) is 95.5 Å². The maximum atomic E-state index is 8.95. The van der Waals surface area contributed by atoms with Crippen LogP contribution in [-0.4, -0.2) is 10.2 Å². The zero-order valence-electron chi connectivity index (χ0n) is 3.64. The summed E-state index contributed by atoms with van der Waals surface area (Å²) in [5, 5.41) is 14.9. The summed E-state index contributed by atoms with van der Waals surface area (Å²) in [7, 11) is 0. The van der Waals surface area contributed by atoms with E-state index in [2.05, 4.69) is 4.94 Å². The molecule has 7 nitrogen and oxygen atoms in total. The minimum absolute atomic E-state index is 0. The zero-order chi connectivity index (χ0) is 5.86. The second-order valence-corrected chi connectivity index (χ2v) is 0.529. The molecule has 0 aliphatic heterocycles. The molecule has 0 unspecified atom stereocenters. The van der Waals surface area contributed by atoms with Crippen LogP contribution in [0.15, 0.2) is 0 Å². The molecular formula is N2O5Zn. The molecule has 0 radical (unpaired) electrons. The van der Waals surface area contributed by atoms with Crippen LogP contribution in [0.25, 0.3) is 0 Å². The maximum Gasteiger partial charge on any atom is 0.356 e. The third-order valence-electron chi connectivity index (χ3n) is 0.133. The van der Waals surface area contributed by atoms with E-state index in [0.717, 1.165) is 0 Å². The molecular weight excluding hydrogens is 173 g/mol. The van der Waals surface area contributed by atoms with Gasteiger partial charge in [0.25, 0.3) is 0 Å². The van der Waals surface area contributed by atoms with Gasteiger partial charge in [-0.1, -0.05) is 0 Å². The monoisotopic (exact) mass is 172 g/mol. The van der Waals surface area contributed by atoms with Gasteiger partial charge in [-0.3, -0.25) is 0 Å². The minimum Gasteiger partial charge on any atom is -0.105 e. The van der Waals surface area contributed by atoms with E-state index in [1.165, 1.54) is 0 Å². The van der Waals surface area contributed by atoms with Gasteiger partial charge >= 0.3 is 10.2 Å². The van der Waals surface area contributed by atoms with Gasteiger partial charge < -0.3 is 0 Å². The molecule has 0 atom stereocenters. The zero-order valence-corrected chi connectivity index (χ0v) is 6.61. The molecule has 0 fully saturated rings. The molecule has 0 rings (SSSR count). The van der Waals surface area contributed by atoms with Gasteiger partial charge in [-0.15, -0.1) is 20.2 Å². The summed E-state index contributed by atoms with van der Waals surface area (Å²) in [5.74, 6) is 0.